The van der Waals surface area contributed by atoms with Crippen molar-refractivity contribution in [3.63, 3.8) is 0 Å². The summed E-state index contributed by atoms with van der Waals surface area (Å²) in [6.07, 6.45) is 1.98. The average molecular weight is 395 g/mol. The van der Waals surface area contributed by atoms with E-state index >= 15 is 0 Å². The molecule has 0 amide bonds. The van der Waals surface area contributed by atoms with Crippen LogP contribution in [0, 0.1) is 6.92 Å². The van der Waals surface area contributed by atoms with E-state index in [2.05, 4.69) is 49.8 Å². The van der Waals surface area contributed by atoms with Gasteiger partial charge in [0.15, 0.2) is 0 Å². The molecule has 5 rings (SSSR count). The third-order valence-corrected chi connectivity index (χ3v) is 6.70. The Balaban J connectivity index is 1.49. The highest BCUT2D eigenvalue weighted by Gasteiger charge is 2.26. The highest BCUT2D eigenvalue weighted by molar-refractivity contribution is 7.18. The predicted octanol–water partition coefficient (Wildman–Crippen LogP) is 3.87. The maximum Gasteiger partial charge on any atom is 0.274 e. The lowest BCUT2D eigenvalue weighted by Crippen LogP contribution is -2.48. The molecule has 0 spiro atoms. The lowest BCUT2D eigenvalue weighted by molar-refractivity contribution is -0.364. The van der Waals surface area contributed by atoms with Gasteiger partial charge in [0.1, 0.15) is 29.6 Å². The molecule has 4 aromatic rings. The fourth-order valence-electron chi connectivity index (χ4n) is 3.61. The second-order valence-electron chi connectivity index (χ2n) is 6.62. The van der Waals surface area contributed by atoms with E-state index in [1.807, 2.05) is 19.2 Å². The third-order valence-electron chi connectivity index (χ3n) is 4.93. The second-order valence-corrected chi connectivity index (χ2v) is 8.43. The van der Waals surface area contributed by atoms with E-state index in [1.54, 1.807) is 22.7 Å². The van der Waals surface area contributed by atoms with Crippen molar-refractivity contribution in [3.05, 3.63) is 53.1 Å². The lowest BCUT2D eigenvalue weighted by Gasteiger charge is -2.32. The van der Waals surface area contributed by atoms with Crippen molar-refractivity contribution in [1.29, 1.82) is 0 Å². The van der Waals surface area contributed by atoms with E-state index in [1.165, 1.54) is 21.6 Å². The Morgan fingerprint density at radius 1 is 0.963 bits per heavy atom. The Hall–Kier alpha value is -2.51. The molecule has 0 atom stereocenters. The summed E-state index contributed by atoms with van der Waals surface area (Å²) in [4.78, 5) is 20.1. The summed E-state index contributed by atoms with van der Waals surface area (Å²) in [5, 5.41) is 5.55. The molecule has 1 fully saturated rings. The van der Waals surface area contributed by atoms with Crippen molar-refractivity contribution in [2.75, 3.05) is 36.0 Å². The van der Waals surface area contributed by atoms with Gasteiger partial charge in [-0.05, 0) is 24.4 Å². The van der Waals surface area contributed by atoms with Crippen LogP contribution in [0.3, 0.4) is 0 Å². The fourth-order valence-corrected chi connectivity index (χ4v) is 5.41. The normalized spacial score (nSPS) is 14.9. The van der Waals surface area contributed by atoms with Crippen molar-refractivity contribution in [3.8, 4) is 10.4 Å². The van der Waals surface area contributed by atoms with Gasteiger partial charge in [-0.2, -0.15) is 0 Å². The molecular formula is C20H20N5S2+. The molecule has 0 bridgehead atoms. The van der Waals surface area contributed by atoms with Gasteiger partial charge in [-0.3, -0.25) is 4.90 Å². The number of aryl methyl sites for hydroxylation is 1. The van der Waals surface area contributed by atoms with Crippen molar-refractivity contribution in [1.82, 2.24) is 9.97 Å². The molecule has 1 N–H and O–H groups in total. The number of piperazine rings is 1. The summed E-state index contributed by atoms with van der Waals surface area (Å²) in [6.45, 7) is 5.84. The van der Waals surface area contributed by atoms with Gasteiger partial charge in [-0.1, -0.05) is 12.1 Å². The van der Waals surface area contributed by atoms with Gasteiger partial charge in [0.05, 0.1) is 24.7 Å². The van der Waals surface area contributed by atoms with Crippen molar-refractivity contribution in [2.45, 2.75) is 6.92 Å². The van der Waals surface area contributed by atoms with Crippen LogP contribution in [0.25, 0.3) is 20.7 Å². The number of aromatic amines is 1. The van der Waals surface area contributed by atoms with Gasteiger partial charge in [-0.25, -0.2) is 15.0 Å². The number of H-pyrrole nitrogens is 1. The van der Waals surface area contributed by atoms with E-state index in [0.717, 1.165) is 42.7 Å². The van der Waals surface area contributed by atoms with Gasteiger partial charge in [-0.15, -0.1) is 22.7 Å². The van der Waals surface area contributed by atoms with Crippen LogP contribution in [0.5, 0.6) is 0 Å². The number of hydrogen-bond acceptors (Lipinski definition) is 6. The maximum atomic E-state index is 4.87. The first-order chi connectivity index (χ1) is 13.3. The first-order valence-corrected chi connectivity index (χ1v) is 10.8. The molecule has 136 valence electrons. The number of nitrogens with zero attached hydrogens (tertiary/aromatic N) is 4. The number of anilines is 2. The Bertz CT molecular complexity index is 1050. The summed E-state index contributed by atoms with van der Waals surface area (Å²) in [5.41, 5.74) is 1.26. The van der Waals surface area contributed by atoms with E-state index in [0.29, 0.717) is 0 Å². The SMILES string of the molecule is Cc1nc(N2CCN(c3cccc[nH+]3)CC2)c2c(-c3cccs3)csc2n1. The van der Waals surface area contributed by atoms with Crippen LogP contribution < -0.4 is 14.8 Å². The molecular weight excluding hydrogens is 374 g/mol. The summed E-state index contributed by atoms with van der Waals surface area (Å²) >= 11 is 3.49. The van der Waals surface area contributed by atoms with Crippen LogP contribution in [0.15, 0.2) is 47.3 Å². The average Bonchev–Trinajstić information content (AvgIpc) is 3.37. The summed E-state index contributed by atoms with van der Waals surface area (Å²) in [7, 11) is 0. The van der Waals surface area contributed by atoms with Crippen LogP contribution >= 0.6 is 22.7 Å². The molecule has 7 heteroatoms. The Morgan fingerprint density at radius 2 is 1.81 bits per heavy atom. The highest BCUT2D eigenvalue weighted by atomic mass is 32.1. The molecule has 5 nitrogen and oxygen atoms in total. The maximum absolute atomic E-state index is 4.87. The minimum absolute atomic E-state index is 0.843. The molecule has 4 aromatic heterocycles. The van der Waals surface area contributed by atoms with Gasteiger partial charge in [0, 0.05) is 21.9 Å². The van der Waals surface area contributed by atoms with Crippen molar-refractivity contribution in [2.24, 2.45) is 0 Å². The molecule has 27 heavy (non-hydrogen) atoms. The standard InChI is InChI=1S/C20H19N5S2/c1-14-22-19(18-15(13-27-20(18)23-14)16-5-4-12-26-16)25-10-8-24(9-11-25)17-6-2-3-7-21-17/h2-7,12-13H,8-11H2,1H3/p+1. The third kappa shape index (κ3) is 3.07. The minimum Gasteiger partial charge on any atom is -0.348 e. The summed E-state index contributed by atoms with van der Waals surface area (Å²) < 4.78 is 0. The van der Waals surface area contributed by atoms with Crippen LogP contribution in [0.4, 0.5) is 11.6 Å². The first kappa shape index (κ1) is 16.6. The van der Waals surface area contributed by atoms with E-state index < -0.39 is 0 Å². The summed E-state index contributed by atoms with van der Waals surface area (Å²) in [5.74, 6) is 3.10. The van der Waals surface area contributed by atoms with Crippen LogP contribution in [0.1, 0.15) is 5.82 Å². The Morgan fingerprint density at radius 3 is 2.56 bits per heavy atom. The number of fused-ring (bicyclic) bond motifs is 1. The van der Waals surface area contributed by atoms with E-state index in [4.69, 9.17) is 9.97 Å². The van der Waals surface area contributed by atoms with Crippen molar-refractivity contribution >= 4 is 44.5 Å². The molecule has 1 aliphatic heterocycles. The van der Waals surface area contributed by atoms with Gasteiger partial charge >= 0.3 is 0 Å². The second kappa shape index (κ2) is 6.90. The predicted molar refractivity (Wildman–Crippen MR) is 113 cm³/mol. The molecule has 0 radical (unpaired) electrons. The molecule has 1 saturated heterocycles. The zero-order chi connectivity index (χ0) is 18.2. The number of rotatable bonds is 3. The number of thiophene rings is 2. The van der Waals surface area contributed by atoms with Crippen LogP contribution in [-0.4, -0.2) is 36.1 Å². The Kier molecular flexibility index (Phi) is 4.26. The van der Waals surface area contributed by atoms with Gasteiger partial charge < -0.3 is 4.90 Å². The molecule has 1 aliphatic rings. The van der Waals surface area contributed by atoms with Gasteiger partial charge in [0.2, 0.25) is 0 Å². The van der Waals surface area contributed by atoms with Crippen molar-refractivity contribution < 1.29 is 4.98 Å². The quantitative estimate of drug-likeness (QED) is 0.529. The molecule has 0 unspecified atom stereocenters. The monoisotopic (exact) mass is 394 g/mol. The summed E-state index contributed by atoms with van der Waals surface area (Å²) in [6, 6.07) is 10.5. The highest BCUT2D eigenvalue weighted by Crippen LogP contribution is 2.40. The molecule has 0 saturated carbocycles. The van der Waals surface area contributed by atoms with Gasteiger partial charge in [0.25, 0.3) is 5.82 Å². The largest absolute Gasteiger partial charge is 0.348 e. The number of nitrogens with one attached hydrogen (secondary N) is 1. The molecule has 0 aliphatic carbocycles. The Labute approximate surface area is 166 Å². The zero-order valence-corrected chi connectivity index (χ0v) is 16.7. The van der Waals surface area contributed by atoms with Crippen LogP contribution in [-0.2, 0) is 0 Å². The lowest BCUT2D eigenvalue weighted by atomic mass is 10.1. The first-order valence-electron chi connectivity index (χ1n) is 9.06. The fraction of sp³-hybridized carbons (Fsp3) is 0.250. The smallest absolute Gasteiger partial charge is 0.274 e. The van der Waals surface area contributed by atoms with E-state index in [-0.39, 0.29) is 0 Å². The number of aromatic nitrogens is 3. The minimum atomic E-state index is 0.843. The molecule has 0 aromatic carbocycles. The van der Waals surface area contributed by atoms with E-state index in [9.17, 15) is 0 Å². The zero-order valence-electron chi connectivity index (χ0n) is 15.1. The van der Waals surface area contributed by atoms with Crippen LogP contribution in [0.2, 0.25) is 0 Å². The number of hydrogen-bond donors (Lipinski definition) is 0. The topological polar surface area (TPSA) is 46.4 Å². The number of pyridine rings is 1. The molecule has 5 heterocycles.